The van der Waals surface area contributed by atoms with E-state index in [0.29, 0.717) is 5.92 Å². The van der Waals surface area contributed by atoms with Crippen LogP contribution >= 0.6 is 11.3 Å². The molecule has 3 heterocycles. The topological polar surface area (TPSA) is 38.3 Å². The molecular formula is C21H25N3OS. The number of thiazole rings is 1. The van der Waals surface area contributed by atoms with Crippen molar-refractivity contribution < 1.29 is 4.74 Å². The zero-order valence-corrected chi connectivity index (χ0v) is 16.7. The molecule has 1 unspecified atom stereocenters. The number of hydrogen-bond acceptors (Lipinski definition) is 5. The van der Waals surface area contributed by atoms with Gasteiger partial charge in [-0.3, -0.25) is 0 Å². The van der Waals surface area contributed by atoms with Crippen LogP contribution in [0.4, 0.5) is 0 Å². The molecule has 0 amide bonds. The van der Waals surface area contributed by atoms with E-state index in [1.54, 1.807) is 18.4 Å². The fourth-order valence-electron chi connectivity index (χ4n) is 3.94. The number of pyridine rings is 1. The third-order valence-corrected chi connectivity index (χ3v) is 6.22. The second-order valence-electron chi connectivity index (χ2n) is 7.34. The van der Waals surface area contributed by atoms with Crippen LogP contribution in [0.25, 0.3) is 20.9 Å². The van der Waals surface area contributed by atoms with Gasteiger partial charge in [-0.05, 0) is 69.6 Å². The molecule has 0 aliphatic carbocycles. The van der Waals surface area contributed by atoms with E-state index in [9.17, 15) is 0 Å². The van der Waals surface area contributed by atoms with Crippen molar-refractivity contribution in [3.8, 4) is 16.3 Å². The van der Waals surface area contributed by atoms with E-state index in [-0.39, 0.29) is 0 Å². The first-order chi connectivity index (χ1) is 12.5. The molecule has 26 heavy (non-hydrogen) atoms. The van der Waals surface area contributed by atoms with E-state index in [0.717, 1.165) is 33.2 Å². The number of hydrogen-bond donors (Lipinski definition) is 0. The van der Waals surface area contributed by atoms with Crippen LogP contribution in [0.1, 0.15) is 35.6 Å². The molecule has 1 fully saturated rings. The van der Waals surface area contributed by atoms with Gasteiger partial charge in [0.1, 0.15) is 10.8 Å². The van der Waals surface area contributed by atoms with Gasteiger partial charge in [0.05, 0.1) is 17.4 Å². The Hall–Kier alpha value is -1.98. The highest BCUT2D eigenvalue weighted by Gasteiger charge is 2.21. The minimum atomic E-state index is 0.513. The summed E-state index contributed by atoms with van der Waals surface area (Å²) in [5.41, 5.74) is 5.51. The fraction of sp³-hybridized carbons (Fsp3) is 0.429. The van der Waals surface area contributed by atoms with Gasteiger partial charge in [-0.25, -0.2) is 9.97 Å². The predicted octanol–water partition coefficient (Wildman–Crippen LogP) is 4.79. The van der Waals surface area contributed by atoms with Crippen LogP contribution in [-0.2, 0) is 0 Å². The Morgan fingerprint density at radius 1 is 1.19 bits per heavy atom. The smallest absolute Gasteiger partial charge is 0.171 e. The van der Waals surface area contributed by atoms with Crippen LogP contribution in [0.5, 0.6) is 5.75 Å². The molecule has 0 spiro atoms. The van der Waals surface area contributed by atoms with Gasteiger partial charge in [-0.1, -0.05) is 6.07 Å². The molecule has 0 bridgehead atoms. The Morgan fingerprint density at radius 3 is 2.81 bits per heavy atom. The quantitative estimate of drug-likeness (QED) is 0.667. The van der Waals surface area contributed by atoms with E-state index in [1.807, 2.05) is 0 Å². The average Bonchev–Trinajstić information content (AvgIpc) is 3.03. The molecular weight excluding hydrogens is 342 g/mol. The normalized spacial score (nSPS) is 18.4. The van der Waals surface area contributed by atoms with E-state index in [2.05, 4.69) is 50.1 Å². The number of rotatable bonds is 3. The Labute approximate surface area is 158 Å². The third-order valence-electron chi connectivity index (χ3n) is 5.20. The second kappa shape index (κ2) is 6.97. The molecule has 1 saturated heterocycles. The number of likely N-dealkylation sites (tertiary alicyclic amines) is 1. The number of methoxy groups -OCH3 is 1. The van der Waals surface area contributed by atoms with Crippen molar-refractivity contribution in [3.05, 3.63) is 41.1 Å². The van der Waals surface area contributed by atoms with Crippen LogP contribution in [0.15, 0.2) is 24.3 Å². The summed E-state index contributed by atoms with van der Waals surface area (Å²) in [6.07, 6.45) is 2.45. The number of aryl methyl sites for hydroxylation is 2. The van der Waals surface area contributed by atoms with Crippen molar-refractivity contribution >= 4 is 21.7 Å². The van der Waals surface area contributed by atoms with Crippen molar-refractivity contribution in [2.75, 3.05) is 27.2 Å². The average molecular weight is 368 g/mol. The first-order valence-electron chi connectivity index (χ1n) is 9.17. The lowest BCUT2D eigenvalue weighted by Crippen LogP contribution is -2.31. The molecule has 4 nitrogen and oxygen atoms in total. The first-order valence-corrected chi connectivity index (χ1v) is 9.98. The zero-order valence-electron chi connectivity index (χ0n) is 15.9. The standard InChI is InChI=1S/C21H25N3OS/c1-13-10-14(2)19(17(11-13)25-4)21-23-20-18(26-21)8-7-16(22-20)15-6-5-9-24(3)12-15/h7-8,10-11,15H,5-6,9,12H2,1-4H3. The lowest BCUT2D eigenvalue weighted by Gasteiger charge is -2.29. The maximum absolute atomic E-state index is 5.63. The minimum absolute atomic E-state index is 0.513. The molecule has 0 N–H and O–H groups in total. The number of nitrogens with zero attached hydrogens (tertiary/aromatic N) is 3. The van der Waals surface area contributed by atoms with Crippen molar-refractivity contribution in [1.29, 1.82) is 0 Å². The predicted molar refractivity (Wildman–Crippen MR) is 108 cm³/mol. The van der Waals surface area contributed by atoms with Crippen LogP contribution < -0.4 is 4.74 Å². The van der Waals surface area contributed by atoms with Crippen molar-refractivity contribution in [2.24, 2.45) is 0 Å². The molecule has 0 saturated carbocycles. The Balaban J connectivity index is 1.75. The summed E-state index contributed by atoms with van der Waals surface area (Å²) in [4.78, 5) is 12.2. The van der Waals surface area contributed by atoms with E-state index in [1.165, 1.54) is 36.2 Å². The van der Waals surface area contributed by atoms with Gasteiger partial charge in [0.25, 0.3) is 0 Å². The van der Waals surface area contributed by atoms with Gasteiger partial charge in [0, 0.05) is 18.2 Å². The molecule has 1 aromatic carbocycles. The molecule has 5 heteroatoms. The first kappa shape index (κ1) is 17.4. The molecule has 1 atom stereocenters. The molecule has 3 aromatic rings. The third kappa shape index (κ3) is 3.21. The summed E-state index contributed by atoms with van der Waals surface area (Å²) in [6, 6.07) is 8.63. The highest BCUT2D eigenvalue weighted by molar-refractivity contribution is 7.21. The van der Waals surface area contributed by atoms with E-state index < -0.39 is 0 Å². The maximum atomic E-state index is 5.63. The lowest BCUT2D eigenvalue weighted by molar-refractivity contribution is 0.248. The van der Waals surface area contributed by atoms with Crippen molar-refractivity contribution in [1.82, 2.24) is 14.9 Å². The minimum Gasteiger partial charge on any atom is -0.496 e. The summed E-state index contributed by atoms with van der Waals surface area (Å²) in [6.45, 7) is 6.48. The molecule has 0 radical (unpaired) electrons. The highest BCUT2D eigenvalue weighted by atomic mass is 32.1. The van der Waals surface area contributed by atoms with E-state index in [4.69, 9.17) is 14.7 Å². The number of benzene rings is 1. The molecule has 136 valence electrons. The molecule has 2 aromatic heterocycles. The molecule has 4 rings (SSSR count). The largest absolute Gasteiger partial charge is 0.496 e. The van der Waals surface area contributed by atoms with Gasteiger partial charge in [-0.2, -0.15) is 0 Å². The van der Waals surface area contributed by atoms with Crippen molar-refractivity contribution in [2.45, 2.75) is 32.6 Å². The SMILES string of the molecule is COc1cc(C)cc(C)c1-c1nc2nc(C3CCCN(C)C3)ccc2s1. The second-order valence-corrected chi connectivity index (χ2v) is 8.37. The summed E-state index contributed by atoms with van der Waals surface area (Å²) in [5, 5.41) is 0.986. The summed E-state index contributed by atoms with van der Waals surface area (Å²) >= 11 is 1.69. The monoisotopic (exact) mass is 367 g/mol. The van der Waals surface area contributed by atoms with Crippen LogP contribution in [0, 0.1) is 13.8 Å². The number of ether oxygens (including phenoxy) is 1. The van der Waals surface area contributed by atoms with Crippen LogP contribution in [-0.4, -0.2) is 42.1 Å². The maximum Gasteiger partial charge on any atom is 0.171 e. The van der Waals surface area contributed by atoms with Gasteiger partial charge in [-0.15, -0.1) is 11.3 Å². The van der Waals surface area contributed by atoms with Gasteiger partial charge in [0.15, 0.2) is 5.65 Å². The summed E-state index contributed by atoms with van der Waals surface area (Å²) in [7, 11) is 3.92. The zero-order chi connectivity index (χ0) is 18.3. The Bertz CT molecular complexity index is 950. The number of piperidine rings is 1. The van der Waals surface area contributed by atoms with Crippen LogP contribution in [0.3, 0.4) is 0 Å². The summed E-state index contributed by atoms with van der Waals surface area (Å²) in [5.74, 6) is 1.40. The number of fused-ring (bicyclic) bond motifs is 1. The van der Waals surface area contributed by atoms with Gasteiger partial charge >= 0.3 is 0 Å². The molecule has 1 aliphatic rings. The highest BCUT2D eigenvalue weighted by Crippen LogP contribution is 2.39. The van der Waals surface area contributed by atoms with Crippen molar-refractivity contribution in [3.63, 3.8) is 0 Å². The van der Waals surface area contributed by atoms with Gasteiger partial charge in [0.2, 0.25) is 0 Å². The Morgan fingerprint density at radius 2 is 2.04 bits per heavy atom. The van der Waals surface area contributed by atoms with Crippen LogP contribution in [0.2, 0.25) is 0 Å². The van der Waals surface area contributed by atoms with Gasteiger partial charge < -0.3 is 9.64 Å². The van der Waals surface area contributed by atoms with E-state index >= 15 is 0 Å². The lowest BCUT2D eigenvalue weighted by atomic mass is 9.95. The Kier molecular flexibility index (Phi) is 4.67. The molecule has 1 aliphatic heterocycles. The fourth-order valence-corrected chi connectivity index (χ4v) is 4.96. The number of aromatic nitrogens is 2. The summed E-state index contributed by atoms with van der Waals surface area (Å²) < 4.78 is 6.76. The number of likely N-dealkylation sites (N-methyl/N-ethyl adjacent to an activating group) is 1.